The van der Waals surface area contributed by atoms with Crippen LogP contribution in [-0.2, 0) is 6.54 Å². The molecule has 0 fully saturated rings. The summed E-state index contributed by atoms with van der Waals surface area (Å²) in [7, 11) is 0. The molecule has 0 saturated carbocycles. The number of carbonyl (C=O) groups excluding carboxylic acids is 1. The molecule has 4 aromatic carbocycles. The molecule has 0 spiro atoms. The van der Waals surface area contributed by atoms with Crippen LogP contribution in [0.3, 0.4) is 0 Å². The van der Waals surface area contributed by atoms with Crippen LogP contribution in [-0.4, -0.2) is 22.5 Å². The van der Waals surface area contributed by atoms with E-state index in [-0.39, 0.29) is 24.1 Å². The number of nitrogens with zero attached hydrogens (tertiary/aromatic N) is 2. The number of aromatic nitrogens is 2. The van der Waals surface area contributed by atoms with Gasteiger partial charge in [0, 0.05) is 23.9 Å². The number of amides is 1. The molecule has 1 amide bonds. The van der Waals surface area contributed by atoms with Crippen LogP contribution in [0.25, 0.3) is 5.69 Å². The molecule has 9 heteroatoms. The second kappa shape index (κ2) is 11.3. The van der Waals surface area contributed by atoms with Crippen molar-refractivity contribution < 1.29 is 19.0 Å². The number of benzene rings is 4. The number of carbonyl (C=O) groups is 1. The highest BCUT2D eigenvalue weighted by molar-refractivity contribution is 5.95. The summed E-state index contributed by atoms with van der Waals surface area (Å²) >= 11 is 0. The lowest BCUT2D eigenvalue weighted by atomic mass is 10.1. The first kappa shape index (κ1) is 25.7. The molecule has 2 heterocycles. The molecule has 0 unspecified atom stereocenters. The normalized spacial score (nSPS) is 11.6. The largest absolute Gasteiger partial charge is 0.454 e. The zero-order chi connectivity index (χ0) is 28.2. The number of hydrogen-bond acceptors (Lipinski definition) is 7. The summed E-state index contributed by atoms with van der Waals surface area (Å²) < 4.78 is 18.2. The molecule has 41 heavy (non-hydrogen) atoms. The molecule has 0 aliphatic carbocycles. The summed E-state index contributed by atoms with van der Waals surface area (Å²) in [6.07, 6.45) is 1.48. The number of fused-ring (bicyclic) bond motifs is 1. The molecular weight excluding hydrogens is 520 g/mol. The van der Waals surface area contributed by atoms with Crippen LogP contribution >= 0.6 is 0 Å². The van der Waals surface area contributed by atoms with Gasteiger partial charge in [-0.3, -0.25) is 9.59 Å². The quantitative estimate of drug-likeness (QED) is 0.256. The first-order chi connectivity index (χ1) is 20.0. The van der Waals surface area contributed by atoms with Crippen molar-refractivity contribution in [3.8, 4) is 28.7 Å². The van der Waals surface area contributed by atoms with E-state index in [0.29, 0.717) is 40.7 Å². The zero-order valence-electron chi connectivity index (χ0n) is 22.2. The molecule has 5 aromatic rings. The van der Waals surface area contributed by atoms with Crippen LogP contribution in [0.15, 0.2) is 108 Å². The van der Waals surface area contributed by atoms with Gasteiger partial charge in [0.25, 0.3) is 11.5 Å². The van der Waals surface area contributed by atoms with E-state index in [0.717, 1.165) is 11.1 Å². The van der Waals surface area contributed by atoms with E-state index in [1.807, 2.05) is 61.5 Å². The fraction of sp³-hybridized carbons (Fsp3) is 0.0938. The predicted molar refractivity (Wildman–Crippen MR) is 155 cm³/mol. The third-order valence-electron chi connectivity index (χ3n) is 6.48. The lowest BCUT2D eigenvalue weighted by molar-refractivity contribution is 0.0951. The van der Waals surface area contributed by atoms with Crippen LogP contribution in [0.1, 0.15) is 21.5 Å². The van der Waals surface area contributed by atoms with Gasteiger partial charge in [0.15, 0.2) is 22.9 Å². The van der Waals surface area contributed by atoms with Crippen molar-refractivity contribution in [2.45, 2.75) is 13.5 Å². The summed E-state index contributed by atoms with van der Waals surface area (Å²) in [5, 5.41) is 10.5. The zero-order valence-corrected chi connectivity index (χ0v) is 22.2. The van der Waals surface area contributed by atoms with Gasteiger partial charge in [0.05, 0.1) is 11.9 Å². The molecule has 9 nitrogen and oxygen atoms in total. The smallest absolute Gasteiger partial charge is 0.299 e. The molecule has 0 atom stereocenters. The van der Waals surface area contributed by atoms with Gasteiger partial charge in [-0.05, 0) is 55.0 Å². The van der Waals surface area contributed by atoms with Crippen LogP contribution in [0.2, 0.25) is 0 Å². The third kappa shape index (κ3) is 5.74. The Kier molecular flexibility index (Phi) is 7.06. The van der Waals surface area contributed by atoms with Crippen molar-refractivity contribution in [2.24, 2.45) is 0 Å². The molecule has 2 N–H and O–H groups in total. The van der Waals surface area contributed by atoms with E-state index >= 15 is 0 Å². The number of nitrogens with one attached hydrogen (secondary N) is 2. The minimum Gasteiger partial charge on any atom is -0.454 e. The highest BCUT2D eigenvalue weighted by atomic mass is 16.7. The number of anilines is 2. The van der Waals surface area contributed by atoms with E-state index in [9.17, 15) is 9.59 Å². The minimum absolute atomic E-state index is 0.134. The molecule has 0 saturated heterocycles. The average Bonchev–Trinajstić information content (AvgIpc) is 3.47. The van der Waals surface area contributed by atoms with Crippen LogP contribution < -0.4 is 30.4 Å². The fourth-order valence-corrected chi connectivity index (χ4v) is 4.33. The van der Waals surface area contributed by atoms with Gasteiger partial charge in [-0.15, -0.1) is 0 Å². The van der Waals surface area contributed by atoms with Gasteiger partial charge in [0.2, 0.25) is 6.79 Å². The molecule has 1 aliphatic heterocycles. The summed E-state index contributed by atoms with van der Waals surface area (Å²) in [4.78, 5) is 26.7. The standard InChI is InChI=1S/C32H26N4O5/c1-21-10-12-25(13-11-21)36-32(38)30(29(19-34-36)41-26-14-15-27-28(17-26)40-20-39-27)35-24-9-5-8-23(16-24)31(37)33-18-22-6-3-2-4-7-22/h2-17,19,35H,18,20H2,1H3,(H,33,37). The number of ether oxygens (including phenoxy) is 3. The minimum atomic E-state index is -0.425. The molecular formula is C32H26N4O5. The van der Waals surface area contributed by atoms with Gasteiger partial charge >= 0.3 is 0 Å². The Balaban J connectivity index is 1.31. The number of hydrogen-bond donors (Lipinski definition) is 2. The molecule has 204 valence electrons. The van der Waals surface area contributed by atoms with Crippen molar-refractivity contribution in [1.82, 2.24) is 15.1 Å². The Morgan fingerprint density at radius 3 is 2.56 bits per heavy atom. The van der Waals surface area contributed by atoms with E-state index in [1.165, 1.54) is 10.9 Å². The van der Waals surface area contributed by atoms with Crippen molar-refractivity contribution in [3.63, 3.8) is 0 Å². The maximum absolute atomic E-state index is 13.8. The maximum atomic E-state index is 13.8. The Morgan fingerprint density at radius 1 is 0.927 bits per heavy atom. The lowest BCUT2D eigenvalue weighted by Gasteiger charge is -2.15. The fourth-order valence-electron chi connectivity index (χ4n) is 4.33. The van der Waals surface area contributed by atoms with E-state index in [4.69, 9.17) is 14.2 Å². The Labute approximate surface area is 235 Å². The van der Waals surface area contributed by atoms with Gasteiger partial charge in [0.1, 0.15) is 5.75 Å². The highest BCUT2D eigenvalue weighted by Gasteiger charge is 2.19. The van der Waals surface area contributed by atoms with Crippen molar-refractivity contribution in [2.75, 3.05) is 12.1 Å². The summed E-state index contributed by atoms with van der Waals surface area (Å²) in [6.45, 7) is 2.50. The number of aryl methyl sites for hydroxylation is 1. The SMILES string of the molecule is Cc1ccc(-n2ncc(Oc3ccc4c(c3)OCO4)c(Nc3cccc(C(=O)NCc4ccccc4)c3)c2=O)cc1. The second-order valence-corrected chi connectivity index (χ2v) is 9.43. The van der Waals surface area contributed by atoms with Crippen molar-refractivity contribution >= 4 is 17.3 Å². The molecule has 0 radical (unpaired) electrons. The lowest BCUT2D eigenvalue weighted by Crippen LogP contribution is -2.24. The molecule has 6 rings (SSSR count). The van der Waals surface area contributed by atoms with Gasteiger partial charge in [-0.25, -0.2) is 0 Å². The van der Waals surface area contributed by atoms with E-state index in [2.05, 4.69) is 15.7 Å². The monoisotopic (exact) mass is 546 g/mol. The third-order valence-corrected chi connectivity index (χ3v) is 6.48. The second-order valence-electron chi connectivity index (χ2n) is 9.43. The maximum Gasteiger partial charge on any atom is 0.299 e. The predicted octanol–water partition coefficient (Wildman–Crippen LogP) is 5.74. The summed E-state index contributed by atoms with van der Waals surface area (Å²) in [6, 6.07) is 29.2. The van der Waals surface area contributed by atoms with Gasteiger partial charge in [-0.1, -0.05) is 54.1 Å². The molecule has 1 aromatic heterocycles. The van der Waals surface area contributed by atoms with E-state index in [1.54, 1.807) is 42.5 Å². The topological polar surface area (TPSA) is 104 Å². The Morgan fingerprint density at radius 2 is 1.73 bits per heavy atom. The summed E-state index contributed by atoms with van der Waals surface area (Å²) in [5.74, 6) is 1.58. The van der Waals surface area contributed by atoms with Crippen LogP contribution in [0, 0.1) is 6.92 Å². The van der Waals surface area contributed by atoms with Gasteiger partial charge in [-0.2, -0.15) is 9.78 Å². The van der Waals surface area contributed by atoms with Crippen molar-refractivity contribution in [1.29, 1.82) is 0 Å². The van der Waals surface area contributed by atoms with Crippen LogP contribution in [0.5, 0.6) is 23.0 Å². The number of rotatable bonds is 8. The highest BCUT2D eigenvalue weighted by Crippen LogP contribution is 2.37. The molecule has 1 aliphatic rings. The van der Waals surface area contributed by atoms with Crippen LogP contribution in [0.4, 0.5) is 11.4 Å². The van der Waals surface area contributed by atoms with Crippen molar-refractivity contribution in [3.05, 3.63) is 130 Å². The summed E-state index contributed by atoms with van der Waals surface area (Å²) in [5.41, 5.74) is 3.36. The van der Waals surface area contributed by atoms with Gasteiger partial charge < -0.3 is 24.8 Å². The average molecular weight is 547 g/mol. The first-order valence-electron chi connectivity index (χ1n) is 13.0. The Bertz CT molecular complexity index is 1770. The Hall–Kier alpha value is -5.57. The first-order valence-corrected chi connectivity index (χ1v) is 13.0. The van der Waals surface area contributed by atoms with E-state index < -0.39 is 5.56 Å². The molecule has 0 bridgehead atoms.